The first-order chi connectivity index (χ1) is 73.8. The predicted molar refractivity (Wildman–Crippen MR) is 613 cm³/mol. The van der Waals surface area contributed by atoms with Crippen LogP contribution in [0.3, 0.4) is 0 Å². The van der Waals surface area contributed by atoms with Crippen molar-refractivity contribution >= 4 is 228 Å². The highest BCUT2D eigenvalue weighted by atomic mass is 16.3. The standard InChI is InChI=1S/C136H76N10O3/c1-2-38-92(39-3-1)144-112-48-21-18-41-95(112)96-59-54-91(75-115(96)144)132-137-131(138-136(139-132)126-98-43-17-16-42-97(98)125-102-45-20-23-51-120(102)148-130(125)128(126)146-118-73-86-34-11-6-29-81(86)66-107(118)108-67-82-30-7-12-35-87(82)74-119(108)146)90-56-63-122-111(70-90)110-69-89(55-62-121(110)147-122)77-52-57-93(58-53-77)143-113-49-22-19-44-101(113)124-103(47-25-50-114(124)143)134-140-133(100-46-24-37-78-26-14-15-40-94(78)100)141-135(142-134)104-61-60-99-109-68-83-31-8-13-36-88(83)76-123(109)149-129(99)127(104)145-116-71-84-32-9-4-27-79(84)64-105(116)106-65-80-28-5-10-33-85(80)72-117(106)145/h1-76H. The summed E-state index contributed by atoms with van der Waals surface area (Å²) in [5.41, 5.74) is 23.4. The summed E-state index contributed by atoms with van der Waals surface area (Å²) in [6.07, 6.45) is 0. The Labute approximate surface area is 847 Å². The van der Waals surface area contributed by atoms with Crippen LogP contribution in [0.4, 0.5) is 0 Å². The second-order valence-corrected chi connectivity index (χ2v) is 39.4. The Kier molecular flexibility index (Phi) is 17.0. The van der Waals surface area contributed by atoms with E-state index in [4.69, 9.17) is 43.2 Å². The van der Waals surface area contributed by atoms with E-state index in [0.717, 1.165) is 290 Å². The first-order valence-corrected chi connectivity index (χ1v) is 50.5. The number of rotatable bonds is 11. The SMILES string of the molecule is c1ccc(-n2c3ccccc3c3ccc(-c4nc(-c5ccc6oc7ccc(-c8ccc(-n9c%10ccccc%10c%10c(-c%11nc(-c%12ccc%13c(oc%14cc%15ccccc%15cc%14%13)c%12-n%12c%13cc%14ccccc%14cc%13c%13cc%14ccccc%14cc%13%12)nc(-c%12cccc%13ccccc%12%13)n%11)cccc%109)cc8)cc7c6c5)nc(-c5c(-n6c7cc8ccccc8cc7c7cc8ccccc8cc76)c6oc7ccccc7c6c6ccccc56)n4)cc32)cc1. The van der Waals surface area contributed by atoms with E-state index < -0.39 is 0 Å². The highest BCUT2D eigenvalue weighted by molar-refractivity contribution is 6.29. The largest absolute Gasteiger partial charge is 0.456 e. The minimum atomic E-state index is 0.476. The van der Waals surface area contributed by atoms with Gasteiger partial charge in [-0.3, -0.25) is 0 Å². The van der Waals surface area contributed by atoms with Crippen LogP contribution in [0.2, 0.25) is 0 Å². The van der Waals surface area contributed by atoms with E-state index >= 15 is 0 Å². The van der Waals surface area contributed by atoms with Crippen molar-refractivity contribution in [1.82, 2.24) is 48.2 Å². The molecule has 0 radical (unpaired) electrons. The summed E-state index contributed by atoms with van der Waals surface area (Å²) in [5.74, 6) is 3.02. The number of benzene rings is 24. The van der Waals surface area contributed by atoms with Crippen molar-refractivity contribution < 1.29 is 13.3 Å². The van der Waals surface area contributed by atoms with Crippen LogP contribution >= 0.6 is 0 Å². The second-order valence-electron chi connectivity index (χ2n) is 39.4. The van der Waals surface area contributed by atoms with E-state index in [0.29, 0.717) is 40.5 Å². The Hall–Kier alpha value is -20.3. The second kappa shape index (κ2) is 31.1. The number of aromatic nitrogens is 10. The minimum absolute atomic E-state index is 0.476. The number of hydrogen-bond donors (Lipinski definition) is 0. The molecule has 13 nitrogen and oxygen atoms in total. The van der Waals surface area contributed by atoms with Gasteiger partial charge in [0, 0.05) is 115 Å². The molecule has 149 heavy (non-hydrogen) atoms. The smallest absolute Gasteiger partial charge is 0.166 e. The van der Waals surface area contributed by atoms with Gasteiger partial charge in [0.1, 0.15) is 33.7 Å². The lowest BCUT2D eigenvalue weighted by atomic mass is 9.96. The molecule has 0 N–H and O–H groups in total. The van der Waals surface area contributed by atoms with Crippen molar-refractivity contribution in [3.8, 4) is 102 Å². The number of hydrogen-bond acceptors (Lipinski definition) is 9. The summed E-state index contributed by atoms with van der Waals surface area (Å²) >= 11 is 0. The van der Waals surface area contributed by atoms with Gasteiger partial charge in [0.15, 0.2) is 46.1 Å². The van der Waals surface area contributed by atoms with E-state index in [9.17, 15) is 0 Å². The third kappa shape index (κ3) is 12.1. The molecule has 0 aliphatic rings. The fourth-order valence-corrected chi connectivity index (χ4v) is 24.5. The van der Waals surface area contributed by atoms with Crippen LogP contribution in [0.25, 0.3) is 331 Å². The molecule has 0 amide bonds. The van der Waals surface area contributed by atoms with Crippen LogP contribution in [0.5, 0.6) is 0 Å². The van der Waals surface area contributed by atoms with Gasteiger partial charge in [0.05, 0.1) is 49.7 Å². The van der Waals surface area contributed by atoms with Crippen molar-refractivity contribution in [2.24, 2.45) is 0 Å². The molecular weight excluding hydrogens is 1820 g/mol. The minimum Gasteiger partial charge on any atom is -0.456 e. The molecule has 0 bridgehead atoms. The van der Waals surface area contributed by atoms with Gasteiger partial charge in [0.25, 0.3) is 0 Å². The topological polar surface area (TPSA) is 136 Å². The first-order valence-electron chi connectivity index (χ1n) is 50.5. The molecule has 688 valence electrons. The van der Waals surface area contributed by atoms with Crippen molar-refractivity contribution in [2.75, 3.05) is 0 Å². The maximum atomic E-state index is 7.49. The van der Waals surface area contributed by atoms with Crippen LogP contribution in [0.1, 0.15) is 0 Å². The lowest BCUT2D eigenvalue weighted by Crippen LogP contribution is -2.05. The maximum Gasteiger partial charge on any atom is 0.166 e. The average molecular weight is 1900 g/mol. The monoisotopic (exact) mass is 1900 g/mol. The Morgan fingerprint density at radius 1 is 0.154 bits per heavy atom. The molecule has 0 unspecified atom stereocenters. The van der Waals surface area contributed by atoms with E-state index in [1.54, 1.807) is 0 Å². The Morgan fingerprint density at radius 3 is 1.16 bits per heavy atom. The molecule has 0 spiro atoms. The Bertz CT molecular complexity index is 11500. The highest BCUT2D eigenvalue weighted by Gasteiger charge is 2.33. The lowest BCUT2D eigenvalue weighted by Gasteiger charge is -2.18. The van der Waals surface area contributed by atoms with Crippen molar-refractivity contribution in [1.29, 1.82) is 0 Å². The van der Waals surface area contributed by atoms with E-state index in [1.165, 1.54) is 0 Å². The van der Waals surface area contributed by atoms with Gasteiger partial charge in [0.2, 0.25) is 0 Å². The molecule has 33 rings (SSSR count). The van der Waals surface area contributed by atoms with Gasteiger partial charge in [-0.1, -0.05) is 303 Å². The molecule has 0 aliphatic heterocycles. The molecular formula is C136H76N10O3. The maximum absolute atomic E-state index is 7.49. The number of para-hydroxylation sites is 4. The van der Waals surface area contributed by atoms with Crippen molar-refractivity contribution in [2.45, 2.75) is 0 Å². The predicted octanol–water partition coefficient (Wildman–Crippen LogP) is 35.9. The molecule has 0 saturated heterocycles. The van der Waals surface area contributed by atoms with Crippen LogP contribution < -0.4 is 0 Å². The molecule has 13 heteroatoms. The molecule has 24 aromatic carbocycles. The zero-order valence-electron chi connectivity index (χ0n) is 79.6. The summed E-state index contributed by atoms with van der Waals surface area (Å²) in [4.78, 5) is 34.8. The molecule has 0 aliphatic carbocycles. The average Bonchev–Trinajstić information content (AvgIpc) is 1.56. The summed E-state index contributed by atoms with van der Waals surface area (Å²) in [5, 5.41) is 30.0. The Balaban J connectivity index is 0.554. The number of fused-ring (bicyclic) bond motifs is 29. The third-order valence-electron chi connectivity index (χ3n) is 31.3. The van der Waals surface area contributed by atoms with E-state index in [1.807, 2.05) is 0 Å². The normalized spacial score (nSPS) is 12.3. The lowest BCUT2D eigenvalue weighted by molar-refractivity contribution is 0.666. The van der Waals surface area contributed by atoms with Gasteiger partial charge < -0.3 is 31.5 Å². The molecule has 9 heterocycles. The summed E-state index contributed by atoms with van der Waals surface area (Å²) < 4.78 is 31.5. The van der Waals surface area contributed by atoms with Crippen molar-refractivity contribution in [3.63, 3.8) is 0 Å². The van der Waals surface area contributed by atoms with Crippen LogP contribution in [-0.4, -0.2) is 48.2 Å². The molecule has 0 fully saturated rings. The highest BCUT2D eigenvalue weighted by Crippen LogP contribution is 2.53. The summed E-state index contributed by atoms with van der Waals surface area (Å²) in [6, 6.07) is 166. The van der Waals surface area contributed by atoms with E-state index in [-0.39, 0.29) is 0 Å². The fourth-order valence-electron chi connectivity index (χ4n) is 24.5. The van der Waals surface area contributed by atoms with Crippen molar-refractivity contribution in [3.05, 3.63) is 461 Å². The van der Waals surface area contributed by atoms with Gasteiger partial charge >= 0.3 is 0 Å². The van der Waals surface area contributed by atoms with Gasteiger partial charge in [-0.25, -0.2) is 29.9 Å². The summed E-state index contributed by atoms with van der Waals surface area (Å²) in [7, 11) is 0. The quantitative estimate of drug-likeness (QED) is 0.124. The third-order valence-corrected chi connectivity index (χ3v) is 31.3. The zero-order valence-corrected chi connectivity index (χ0v) is 79.6. The molecule has 33 aromatic rings. The van der Waals surface area contributed by atoms with Crippen LogP contribution in [0.15, 0.2) is 474 Å². The molecule has 0 saturated carbocycles. The van der Waals surface area contributed by atoms with Crippen LogP contribution in [0, 0.1) is 0 Å². The fraction of sp³-hybridized carbons (Fsp3) is 0. The van der Waals surface area contributed by atoms with Gasteiger partial charge in [-0.05, 0) is 244 Å². The van der Waals surface area contributed by atoms with Gasteiger partial charge in [-0.15, -0.1) is 0 Å². The Morgan fingerprint density at radius 2 is 0.537 bits per heavy atom. The molecule has 9 aromatic heterocycles. The van der Waals surface area contributed by atoms with Gasteiger partial charge in [-0.2, -0.15) is 0 Å². The first kappa shape index (κ1) is 81.3. The number of furan rings is 3. The van der Waals surface area contributed by atoms with Crippen LogP contribution in [-0.2, 0) is 0 Å². The zero-order chi connectivity index (χ0) is 97.1. The summed E-state index contributed by atoms with van der Waals surface area (Å²) in [6.45, 7) is 0. The molecule has 0 atom stereocenters. The number of nitrogens with zero attached hydrogens (tertiary/aromatic N) is 10. The van der Waals surface area contributed by atoms with E-state index in [2.05, 4.69) is 479 Å².